The lowest BCUT2D eigenvalue weighted by Gasteiger charge is -2.24. The highest BCUT2D eigenvalue weighted by Gasteiger charge is 2.03. The molecular weight excluding hydrogens is 182 g/mol. The van der Waals surface area contributed by atoms with E-state index < -0.39 is 0 Å². The second kappa shape index (κ2) is 6.49. The zero-order valence-electron chi connectivity index (χ0n) is 10.3. The summed E-state index contributed by atoms with van der Waals surface area (Å²) in [4.78, 5) is 2.49. The molecule has 1 aromatic carbocycles. The first-order valence-electron chi connectivity index (χ1n) is 6.09. The zero-order chi connectivity index (χ0) is 11.1. The van der Waals surface area contributed by atoms with E-state index >= 15 is 0 Å². The molecule has 0 N–H and O–H groups in total. The van der Waals surface area contributed by atoms with Crippen LogP contribution in [-0.2, 0) is 0 Å². The van der Waals surface area contributed by atoms with Gasteiger partial charge in [-0.05, 0) is 31.9 Å². The fourth-order valence-electron chi connectivity index (χ4n) is 1.74. The van der Waals surface area contributed by atoms with E-state index in [1.165, 1.54) is 43.6 Å². The molecule has 0 bridgehead atoms. The predicted octanol–water partition coefficient (Wildman–Crippen LogP) is 4.01. The lowest BCUT2D eigenvalue weighted by atomic mass is 10.2. The Morgan fingerprint density at radius 2 is 1.60 bits per heavy atom. The molecule has 0 saturated carbocycles. The fraction of sp³-hybridized carbons (Fsp3) is 0.571. The van der Waals surface area contributed by atoms with E-state index in [4.69, 9.17) is 0 Å². The third-order valence-electron chi connectivity index (χ3n) is 2.67. The van der Waals surface area contributed by atoms with Gasteiger partial charge in [0.1, 0.15) is 0 Å². The van der Waals surface area contributed by atoms with Crippen LogP contribution >= 0.6 is 0 Å². The number of hydrogen-bond donors (Lipinski definition) is 0. The first-order valence-corrected chi connectivity index (χ1v) is 6.09. The summed E-state index contributed by atoms with van der Waals surface area (Å²) in [5, 5.41) is 0. The second-order valence-corrected chi connectivity index (χ2v) is 4.18. The zero-order valence-corrected chi connectivity index (χ0v) is 10.3. The Bertz CT molecular complexity index is 263. The predicted molar refractivity (Wildman–Crippen MR) is 68.6 cm³/mol. The lowest BCUT2D eigenvalue weighted by Crippen LogP contribution is -2.25. The molecule has 0 fully saturated rings. The smallest absolute Gasteiger partial charge is 0.0366 e. The van der Waals surface area contributed by atoms with Crippen LogP contribution in [0.4, 0.5) is 5.69 Å². The third kappa shape index (κ3) is 3.94. The van der Waals surface area contributed by atoms with Crippen LogP contribution in [0.25, 0.3) is 0 Å². The van der Waals surface area contributed by atoms with Crippen LogP contribution in [0.3, 0.4) is 0 Å². The number of nitrogens with zero attached hydrogens (tertiary/aromatic N) is 1. The minimum atomic E-state index is 1.17. The number of unbranched alkanes of at least 4 members (excludes halogenated alkanes) is 1. The quantitative estimate of drug-likeness (QED) is 0.678. The molecule has 0 spiro atoms. The van der Waals surface area contributed by atoms with Crippen LogP contribution in [-0.4, -0.2) is 13.1 Å². The Morgan fingerprint density at radius 1 is 0.933 bits per heavy atom. The minimum Gasteiger partial charge on any atom is -0.372 e. The summed E-state index contributed by atoms with van der Waals surface area (Å²) in [6.07, 6.45) is 3.78. The fourth-order valence-corrected chi connectivity index (χ4v) is 1.74. The monoisotopic (exact) mass is 205 g/mol. The Labute approximate surface area is 94.1 Å². The van der Waals surface area contributed by atoms with Gasteiger partial charge in [0.2, 0.25) is 0 Å². The van der Waals surface area contributed by atoms with E-state index in [9.17, 15) is 0 Å². The van der Waals surface area contributed by atoms with Crippen molar-refractivity contribution in [2.24, 2.45) is 0 Å². The Hall–Kier alpha value is -0.980. The maximum atomic E-state index is 2.49. The van der Waals surface area contributed by atoms with Crippen molar-refractivity contribution in [3.8, 4) is 0 Å². The molecule has 0 saturated heterocycles. The summed E-state index contributed by atoms with van der Waals surface area (Å²) in [7, 11) is 0. The molecule has 1 rings (SSSR count). The highest BCUT2D eigenvalue weighted by Crippen LogP contribution is 2.16. The van der Waals surface area contributed by atoms with Gasteiger partial charge in [-0.25, -0.2) is 0 Å². The molecule has 0 heterocycles. The van der Waals surface area contributed by atoms with Gasteiger partial charge in [0.15, 0.2) is 0 Å². The van der Waals surface area contributed by atoms with Gasteiger partial charge in [0.05, 0.1) is 0 Å². The van der Waals surface area contributed by atoms with Gasteiger partial charge in [-0.15, -0.1) is 0 Å². The van der Waals surface area contributed by atoms with E-state index in [0.29, 0.717) is 0 Å². The van der Waals surface area contributed by atoms with E-state index in [0.717, 1.165) is 0 Å². The molecule has 0 atom stereocenters. The topological polar surface area (TPSA) is 3.24 Å². The van der Waals surface area contributed by atoms with Gasteiger partial charge in [-0.3, -0.25) is 0 Å². The molecule has 1 heteroatoms. The average molecular weight is 205 g/mol. The van der Waals surface area contributed by atoms with E-state index in [1.54, 1.807) is 0 Å². The van der Waals surface area contributed by atoms with Crippen molar-refractivity contribution in [1.29, 1.82) is 0 Å². The van der Waals surface area contributed by atoms with Crippen molar-refractivity contribution in [3.05, 3.63) is 29.8 Å². The van der Waals surface area contributed by atoms with Crippen LogP contribution in [0.1, 0.15) is 38.7 Å². The van der Waals surface area contributed by atoms with Gasteiger partial charge >= 0.3 is 0 Å². The summed E-state index contributed by atoms with van der Waals surface area (Å²) in [6, 6.07) is 8.87. The minimum absolute atomic E-state index is 1.17. The van der Waals surface area contributed by atoms with Crippen LogP contribution in [0.2, 0.25) is 0 Å². The first-order chi connectivity index (χ1) is 7.27. The number of aryl methyl sites for hydroxylation is 1. The number of rotatable bonds is 6. The molecule has 0 amide bonds. The molecule has 0 aliphatic heterocycles. The summed E-state index contributed by atoms with van der Waals surface area (Å²) in [6.45, 7) is 8.99. The van der Waals surface area contributed by atoms with Gasteiger partial charge in [-0.2, -0.15) is 0 Å². The highest BCUT2D eigenvalue weighted by atomic mass is 15.1. The van der Waals surface area contributed by atoms with Crippen LogP contribution < -0.4 is 4.90 Å². The maximum absolute atomic E-state index is 2.49. The van der Waals surface area contributed by atoms with Crippen molar-refractivity contribution in [2.75, 3.05) is 18.0 Å². The van der Waals surface area contributed by atoms with E-state index in [-0.39, 0.29) is 0 Å². The molecule has 0 aromatic heterocycles. The van der Waals surface area contributed by atoms with E-state index in [1.807, 2.05) is 0 Å². The van der Waals surface area contributed by atoms with E-state index in [2.05, 4.69) is 49.9 Å². The molecule has 0 unspecified atom stereocenters. The number of anilines is 1. The van der Waals surface area contributed by atoms with Crippen molar-refractivity contribution in [3.63, 3.8) is 0 Å². The molecule has 0 aliphatic carbocycles. The standard InChI is InChI=1S/C14H23N/c1-4-6-12-15(11-5-2)14-9-7-13(3)8-10-14/h7-10H,4-6,11-12H2,1-3H3. The molecular formula is C14H23N. The van der Waals surface area contributed by atoms with Crippen molar-refractivity contribution >= 4 is 5.69 Å². The van der Waals surface area contributed by atoms with Crippen LogP contribution in [0.5, 0.6) is 0 Å². The summed E-state index contributed by atoms with van der Waals surface area (Å²) in [5.41, 5.74) is 2.71. The summed E-state index contributed by atoms with van der Waals surface area (Å²) >= 11 is 0. The maximum Gasteiger partial charge on any atom is 0.0366 e. The van der Waals surface area contributed by atoms with Crippen LogP contribution in [0, 0.1) is 6.92 Å². The van der Waals surface area contributed by atoms with Crippen LogP contribution in [0.15, 0.2) is 24.3 Å². The van der Waals surface area contributed by atoms with Gasteiger partial charge in [0, 0.05) is 18.8 Å². The Morgan fingerprint density at radius 3 is 2.13 bits per heavy atom. The Kier molecular flexibility index (Phi) is 5.23. The molecule has 84 valence electrons. The molecule has 0 radical (unpaired) electrons. The van der Waals surface area contributed by atoms with Crippen molar-refractivity contribution < 1.29 is 0 Å². The Balaban J connectivity index is 2.65. The van der Waals surface area contributed by atoms with Gasteiger partial charge in [0.25, 0.3) is 0 Å². The summed E-state index contributed by atoms with van der Waals surface area (Å²) in [5.74, 6) is 0. The van der Waals surface area contributed by atoms with Crippen molar-refractivity contribution in [1.82, 2.24) is 0 Å². The number of hydrogen-bond acceptors (Lipinski definition) is 1. The largest absolute Gasteiger partial charge is 0.372 e. The van der Waals surface area contributed by atoms with Gasteiger partial charge < -0.3 is 4.90 Å². The third-order valence-corrected chi connectivity index (χ3v) is 2.67. The lowest BCUT2D eigenvalue weighted by molar-refractivity contribution is 0.704. The normalized spacial score (nSPS) is 10.3. The highest BCUT2D eigenvalue weighted by molar-refractivity contribution is 5.47. The molecule has 15 heavy (non-hydrogen) atoms. The van der Waals surface area contributed by atoms with Crippen molar-refractivity contribution in [2.45, 2.75) is 40.0 Å². The summed E-state index contributed by atoms with van der Waals surface area (Å²) < 4.78 is 0. The average Bonchev–Trinajstić information content (AvgIpc) is 2.25. The molecule has 1 aromatic rings. The SMILES string of the molecule is CCCCN(CCC)c1ccc(C)cc1. The van der Waals surface area contributed by atoms with Gasteiger partial charge in [-0.1, -0.05) is 38.0 Å². The second-order valence-electron chi connectivity index (χ2n) is 4.18. The molecule has 1 nitrogen and oxygen atoms in total. The first kappa shape index (κ1) is 12.1. The molecule has 0 aliphatic rings. The number of benzene rings is 1.